The lowest BCUT2D eigenvalue weighted by molar-refractivity contribution is -0.140. The molecule has 1 saturated heterocycles. The van der Waals surface area contributed by atoms with Gasteiger partial charge in [0.15, 0.2) is 0 Å². The average Bonchev–Trinajstić information content (AvgIpc) is 2.76. The van der Waals surface area contributed by atoms with Crippen molar-refractivity contribution < 1.29 is 31.5 Å². The summed E-state index contributed by atoms with van der Waals surface area (Å²) < 4.78 is 65.9. The minimum atomic E-state index is -5.00. The fourth-order valence-electron chi connectivity index (χ4n) is 3.08. The van der Waals surface area contributed by atoms with Crippen LogP contribution in [0.2, 0.25) is 0 Å². The SMILES string of the molecule is CC1(C)C(=O)N(c2ccc(F)c(C(F)(F)F)c2)C(=O)N1Cc1ccc(F)cc1N. The van der Waals surface area contributed by atoms with Crippen LogP contribution in [0, 0.1) is 11.6 Å². The molecule has 3 rings (SSSR count). The molecular formula is C19H16F5N3O2. The number of rotatable bonds is 3. The number of carbonyl (C=O) groups is 2. The summed E-state index contributed by atoms with van der Waals surface area (Å²) in [6.07, 6.45) is -5.00. The first-order valence-corrected chi connectivity index (χ1v) is 8.41. The second-order valence-electron chi connectivity index (χ2n) is 7.07. The van der Waals surface area contributed by atoms with E-state index < -0.39 is 46.5 Å². The Morgan fingerprint density at radius 2 is 1.69 bits per heavy atom. The topological polar surface area (TPSA) is 66.6 Å². The summed E-state index contributed by atoms with van der Waals surface area (Å²) in [6.45, 7) is 2.66. The van der Waals surface area contributed by atoms with Gasteiger partial charge in [-0.25, -0.2) is 18.5 Å². The van der Waals surface area contributed by atoms with E-state index in [4.69, 9.17) is 5.73 Å². The van der Waals surface area contributed by atoms with Crippen LogP contribution >= 0.6 is 0 Å². The molecule has 0 radical (unpaired) electrons. The molecule has 154 valence electrons. The van der Waals surface area contributed by atoms with Gasteiger partial charge in [-0.2, -0.15) is 13.2 Å². The van der Waals surface area contributed by atoms with Crippen LogP contribution in [0.1, 0.15) is 25.0 Å². The van der Waals surface area contributed by atoms with Crippen LogP contribution in [-0.4, -0.2) is 22.4 Å². The van der Waals surface area contributed by atoms with Crippen LogP contribution < -0.4 is 10.6 Å². The molecule has 0 aromatic heterocycles. The lowest BCUT2D eigenvalue weighted by Crippen LogP contribution is -2.43. The van der Waals surface area contributed by atoms with Crippen LogP contribution in [0.5, 0.6) is 0 Å². The third kappa shape index (κ3) is 3.50. The summed E-state index contributed by atoms with van der Waals surface area (Å²) in [6, 6.07) is 4.52. The van der Waals surface area contributed by atoms with Crippen LogP contribution in [-0.2, 0) is 17.5 Å². The summed E-state index contributed by atoms with van der Waals surface area (Å²) in [4.78, 5) is 27.4. The molecule has 29 heavy (non-hydrogen) atoms. The van der Waals surface area contributed by atoms with E-state index in [2.05, 4.69) is 0 Å². The molecule has 0 atom stereocenters. The van der Waals surface area contributed by atoms with Gasteiger partial charge in [0.25, 0.3) is 5.91 Å². The van der Waals surface area contributed by atoms with Gasteiger partial charge in [0.05, 0.1) is 17.8 Å². The highest BCUT2D eigenvalue weighted by atomic mass is 19.4. The number of hydrogen-bond donors (Lipinski definition) is 1. The van der Waals surface area contributed by atoms with Crippen molar-refractivity contribution in [2.75, 3.05) is 10.6 Å². The van der Waals surface area contributed by atoms with Crippen LogP contribution in [0.25, 0.3) is 0 Å². The summed E-state index contributed by atoms with van der Waals surface area (Å²) in [5.41, 5.74) is 2.75. The van der Waals surface area contributed by atoms with Gasteiger partial charge in [-0.1, -0.05) is 6.07 Å². The number of amides is 3. The Morgan fingerprint density at radius 3 is 2.28 bits per heavy atom. The zero-order chi connectivity index (χ0) is 21.7. The molecule has 5 nitrogen and oxygen atoms in total. The van der Waals surface area contributed by atoms with Gasteiger partial charge in [0.1, 0.15) is 17.2 Å². The zero-order valence-corrected chi connectivity index (χ0v) is 15.3. The molecule has 0 saturated carbocycles. The van der Waals surface area contributed by atoms with Crippen molar-refractivity contribution >= 4 is 23.3 Å². The number of urea groups is 1. The Morgan fingerprint density at radius 1 is 1.03 bits per heavy atom. The van der Waals surface area contributed by atoms with E-state index >= 15 is 0 Å². The van der Waals surface area contributed by atoms with E-state index in [0.717, 1.165) is 23.1 Å². The highest BCUT2D eigenvalue weighted by molar-refractivity contribution is 6.23. The highest BCUT2D eigenvalue weighted by Crippen LogP contribution is 2.38. The van der Waals surface area contributed by atoms with Crippen molar-refractivity contribution in [1.82, 2.24) is 4.90 Å². The van der Waals surface area contributed by atoms with Gasteiger partial charge in [-0.05, 0) is 49.7 Å². The molecule has 1 aliphatic heterocycles. The molecule has 3 amide bonds. The van der Waals surface area contributed by atoms with Gasteiger partial charge in [-0.3, -0.25) is 4.79 Å². The molecule has 0 spiro atoms. The number of imide groups is 1. The van der Waals surface area contributed by atoms with Crippen LogP contribution in [0.3, 0.4) is 0 Å². The first kappa shape index (κ1) is 20.6. The van der Waals surface area contributed by atoms with E-state index in [9.17, 15) is 31.5 Å². The molecule has 1 fully saturated rings. The summed E-state index contributed by atoms with van der Waals surface area (Å²) >= 11 is 0. The molecule has 2 N–H and O–H groups in total. The summed E-state index contributed by atoms with van der Waals surface area (Å²) in [7, 11) is 0. The molecule has 2 aromatic rings. The van der Waals surface area contributed by atoms with E-state index in [1.807, 2.05) is 0 Å². The number of nitrogens with zero attached hydrogens (tertiary/aromatic N) is 2. The smallest absolute Gasteiger partial charge is 0.398 e. The fourth-order valence-corrected chi connectivity index (χ4v) is 3.08. The lowest BCUT2D eigenvalue weighted by atomic mass is 10.0. The van der Waals surface area contributed by atoms with Gasteiger partial charge in [0, 0.05) is 5.69 Å². The molecule has 10 heteroatoms. The highest BCUT2D eigenvalue weighted by Gasteiger charge is 2.52. The van der Waals surface area contributed by atoms with Crippen molar-refractivity contribution in [1.29, 1.82) is 0 Å². The Bertz CT molecular complexity index is 1000. The van der Waals surface area contributed by atoms with Gasteiger partial charge >= 0.3 is 12.2 Å². The normalized spacial score (nSPS) is 16.7. The van der Waals surface area contributed by atoms with Crippen molar-refractivity contribution in [2.24, 2.45) is 0 Å². The maximum Gasteiger partial charge on any atom is 0.419 e. The number of halogens is 5. The largest absolute Gasteiger partial charge is 0.419 e. The standard InChI is InChI=1S/C19H16F5N3O2/c1-18(2)16(28)27(12-5-6-14(21)13(8-12)19(22,23)24)17(29)26(18)9-10-3-4-11(20)7-15(10)25/h3-8H,9,25H2,1-2H3. The first-order chi connectivity index (χ1) is 13.3. The maximum absolute atomic E-state index is 13.6. The van der Waals surface area contributed by atoms with Gasteiger partial charge in [0.2, 0.25) is 0 Å². The fraction of sp³-hybridized carbons (Fsp3) is 0.263. The van der Waals surface area contributed by atoms with E-state index in [0.29, 0.717) is 22.6 Å². The predicted molar refractivity (Wildman–Crippen MR) is 94.7 cm³/mol. The molecule has 1 aliphatic rings. The van der Waals surface area contributed by atoms with E-state index in [1.54, 1.807) is 0 Å². The molecule has 1 heterocycles. The summed E-state index contributed by atoms with van der Waals surface area (Å²) in [5, 5.41) is 0. The second kappa shape index (κ2) is 6.71. The van der Waals surface area contributed by atoms with Gasteiger partial charge in [-0.15, -0.1) is 0 Å². The number of benzene rings is 2. The monoisotopic (exact) mass is 413 g/mol. The first-order valence-electron chi connectivity index (χ1n) is 8.41. The summed E-state index contributed by atoms with van der Waals surface area (Å²) in [5.74, 6) is -2.89. The lowest BCUT2D eigenvalue weighted by Gasteiger charge is -2.28. The number of alkyl halides is 3. The van der Waals surface area contributed by atoms with E-state index in [1.165, 1.54) is 19.9 Å². The van der Waals surface area contributed by atoms with Crippen molar-refractivity contribution in [3.05, 3.63) is 59.2 Å². The number of carbonyl (C=O) groups excluding carboxylic acids is 2. The predicted octanol–water partition coefficient (Wildman–Crippen LogP) is 4.31. The number of anilines is 2. The molecule has 0 aliphatic carbocycles. The molecular weight excluding hydrogens is 397 g/mol. The second-order valence-corrected chi connectivity index (χ2v) is 7.07. The van der Waals surface area contributed by atoms with Crippen LogP contribution in [0.15, 0.2) is 36.4 Å². The maximum atomic E-state index is 13.6. The van der Waals surface area contributed by atoms with Gasteiger partial charge < -0.3 is 10.6 Å². The average molecular weight is 413 g/mol. The Balaban J connectivity index is 2.01. The Hall–Kier alpha value is -3.17. The Kier molecular flexibility index (Phi) is 4.76. The van der Waals surface area contributed by atoms with Crippen LogP contribution in [0.4, 0.5) is 38.1 Å². The molecule has 0 bridgehead atoms. The third-order valence-electron chi connectivity index (χ3n) is 4.77. The third-order valence-corrected chi connectivity index (χ3v) is 4.77. The minimum Gasteiger partial charge on any atom is -0.398 e. The van der Waals surface area contributed by atoms with Crippen molar-refractivity contribution in [3.8, 4) is 0 Å². The molecule has 0 unspecified atom stereocenters. The number of hydrogen-bond acceptors (Lipinski definition) is 3. The Labute approximate surface area is 162 Å². The number of nitrogen functional groups attached to an aromatic ring is 1. The zero-order valence-electron chi connectivity index (χ0n) is 15.3. The van der Waals surface area contributed by atoms with E-state index in [-0.39, 0.29) is 12.2 Å². The number of nitrogens with two attached hydrogens (primary N) is 1. The van der Waals surface area contributed by atoms with Crippen molar-refractivity contribution in [2.45, 2.75) is 32.1 Å². The quantitative estimate of drug-likeness (QED) is 0.463. The molecule has 2 aromatic carbocycles. The van der Waals surface area contributed by atoms with Crippen molar-refractivity contribution in [3.63, 3.8) is 0 Å². The minimum absolute atomic E-state index is 0.0561.